The summed E-state index contributed by atoms with van der Waals surface area (Å²) in [6.07, 6.45) is 6.51. The van der Waals surface area contributed by atoms with Crippen LogP contribution in [0.1, 0.15) is 57.4 Å². The molecule has 0 spiro atoms. The number of aliphatic hydroxyl groups is 1. The van der Waals surface area contributed by atoms with E-state index in [2.05, 4.69) is 5.32 Å². The lowest BCUT2D eigenvalue weighted by Crippen LogP contribution is -2.54. The summed E-state index contributed by atoms with van der Waals surface area (Å²) < 4.78 is 10.9. The summed E-state index contributed by atoms with van der Waals surface area (Å²) >= 11 is 0. The number of aryl methyl sites for hydroxylation is 1. The van der Waals surface area contributed by atoms with Crippen LogP contribution in [0.25, 0.3) is 11.0 Å². The number of fused-ring (bicyclic) bond motifs is 2. The molecule has 1 aromatic carbocycles. The summed E-state index contributed by atoms with van der Waals surface area (Å²) in [5.41, 5.74) is 0.358. The summed E-state index contributed by atoms with van der Waals surface area (Å²) in [6, 6.07) is 6.72. The van der Waals surface area contributed by atoms with Gasteiger partial charge < -0.3 is 24.5 Å². The maximum absolute atomic E-state index is 12.6. The number of likely N-dealkylation sites (tertiary alicyclic amines) is 1. The molecule has 1 aliphatic carbocycles. The molecule has 0 unspecified atom stereocenters. The van der Waals surface area contributed by atoms with Crippen LogP contribution in [0.4, 0.5) is 0 Å². The van der Waals surface area contributed by atoms with Crippen molar-refractivity contribution in [3.05, 3.63) is 40.2 Å². The zero-order valence-electron chi connectivity index (χ0n) is 19.8. The van der Waals surface area contributed by atoms with E-state index in [1.165, 1.54) is 6.07 Å². The molecule has 0 radical (unpaired) electrons. The first-order valence-electron chi connectivity index (χ1n) is 12.3. The average molecular weight is 471 g/mol. The van der Waals surface area contributed by atoms with E-state index in [0.29, 0.717) is 30.8 Å². The molecular formula is C26H34N2O6. The van der Waals surface area contributed by atoms with Gasteiger partial charge in [0.1, 0.15) is 11.3 Å². The normalized spacial score (nSPS) is 22.3. The van der Waals surface area contributed by atoms with E-state index in [4.69, 9.17) is 9.15 Å². The molecule has 2 fully saturated rings. The molecule has 2 aliphatic rings. The summed E-state index contributed by atoms with van der Waals surface area (Å²) in [6.45, 7) is 3.26. The third kappa shape index (κ3) is 5.60. The number of carbonyl (C=O) groups excluding carboxylic acids is 2. The summed E-state index contributed by atoms with van der Waals surface area (Å²) in [5, 5.41) is 14.4. The molecule has 2 heterocycles. The number of ether oxygens (including phenoxy) is 1. The highest BCUT2D eigenvalue weighted by molar-refractivity contribution is 5.82. The average Bonchev–Trinajstić information content (AvgIpc) is 2.82. The Morgan fingerprint density at radius 3 is 2.94 bits per heavy atom. The molecule has 0 bridgehead atoms. The third-order valence-corrected chi connectivity index (χ3v) is 7.13. The van der Waals surface area contributed by atoms with Gasteiger partial charge in [-0.05, 0) is 43.4 Å². The predicted molar refractivity (Wildman–Crippen MR) is 128 cm³/mol. The molecule has 34 heavy (non-hydrogen) atoms. The minimum atomic E-state index is -0.608. The fourth-order valence-corrected chi connectivity index (χ4v) is 5.24. The van der Waals surface area contributed by atoms with Crippen LogP contribution < -0.4 is 15.7 Å². The van der Waals surface area contributed by atoms with Crippen molar-refractivity contribution in [1.29, 1.82) is 0 Å². The van der Waals surface area contributed by atoms with Crippen molar-refractivity contribution in [2.24, 2.45) is 5.92 Å². The van der Waals surface area contributed by atoms with Crippen LogP contribution in [0.3, 0.4) is 0 Å². The van der Waals surface area contributed by atoms with E-state index < -0.39 is 11.2 Å². The topological polar surface area (TPSA) is 109 Å². The number of hydrogen-bond donors (Lipinski definition) is 2. The minimum Gasteiger partial charge on any atom is -0.484 e. The van der Waals surface area contributed by atoms with Crippen LogP contribution in [0.2, 0.25) is 0 Å². The molecule has 1 aromatic heterocycles. The van der Waals surface area contributed by atoms with E-state index >= 15 is 0 Å². The first-order chi connectivity index (χ1) is 16.4. The zero-order valence-corrected chi connectivity index (χ0v) is 19.8. The van der Waals surface area contributed by atoms with E-state index in [-0.39, 0.29) is 37.3 Å². The summed E-state index contributed by atoms with van der Waals surface area (Å²) in [7, 11) is 0. The Kier molecular flexibility index (Phi) is 7.56. The first kappa shape index (κ1) is 24.3. The summed E-state index contributed by atoms with van der Waals surface area (Å²) in [4.78, 5) is 38.4. The van der Waals surface area contributed by atoms with Crippen molar-refractivity contribution in [3.8, 4) is 5.75 Å². The van der Waals surface area contributed by atoms with Gasteiger partial charge in [-0.1, -0.05) is 26.2 Å². The maximum Gasteiger partial charge on any atom is 0.336 e. The smallest absolute Gasteiger partial charge is 0.336 e. The Bertz CT molecular complexity index is 1100. The summed E-state index contributed by atoms with van der Waals surface area (Å²) in [5.74, 6) is 0.269. The van der Waals surface area contributed by atoms with Gasteiger partial charge in [0.2, 0.25) is 5.91 Å². The van der Waals surface area contributed by atoms with Gasteiger partial charge in [-0.2, -0.15) is 0 Å². The number of amides is 2. The highest BCUT2D eigenvalue weighted by atomic mass is 16.5. The number of hydrogen-bond acceptors (Lipinski definition) is 6. The monoisotopic (exact) mass is 470 g/mol. The number of nitrogens with one attached hydrogen (secondary N) is 1. The Morgan fingerprint density at radius 2 is 2.12 bits per heavy atom. The molecule has 2 aromatic rings. The lowest BCUT2D eigenvalue weighted by molar-refractivity contribution is -0.143. The predicted octanol–water partition coefficient (Wildman–Crippen LogP) is 2.78. The second-order valence-corrected chi connectivity index (χ2v) is 9.52. The number of rotatable bonds is 8. The van der Waals surface area contributed by atoms with Crippen molar-refractivity contribution in [2.45, 2.75) is 63.9 Å². The Labute approximate surface area is 199 Å². The van der Waals surface area contributed by atoms with Crippen LogP contribution in [0, 0.1) is 5.92 Å². The Morgan fingerprint density at radius 1 is 1.26 bits per heavy atom. The molecule has 2 N–H and O–H groups in total. The van der Waals surface area contributed by atoms with Gasteiger partial charge in [0.15, 0.2) is 6.61 Å². The van der Waals surface area contributed by atoms with Crippen LogP contribution in [0.15, 0.2) is 33.5 Å². The fraction of sp³-hybridized carbons (Fsp3) is 0.577. The van der Waals surface area contributed by atoms with Crippen LogP contribution >= 0.6 is 0 Å². The molecular weight excluding hydrogens is 436 g/mol. The van der Waals surface area contributed by atoms with Gasteiger partial charge in [-0.15, -0.1) is 0 Å². The van der Waals surface area contributed by atoms with Crippen molar-refractivity contribution < 1.29 is 23.8 Å². The van der Waals surface area contributed by atoms with Gasteiger partial charge in [0.25, 0.3) is 5.91 Å². The Hall–Kier alpha value is -2.87. The quantitative estimate of drug-likeness (QED) is 0.575. The molecule has 4 rings (SSSR count). The molecule has 8 heteroatoms. The second kappa shape index (κ2) is 10.6. The van der Waals surface area contributed by atoms with Gasteiger partial charge >= 0.3 is 5.63 Å². The van der Waals surface area contributed by atoms with E-state index in [1.54, 1.807) is 12.1 Å². The number of piperidine rings is 1. The highest BCUT2D eigenvalue weighted by Gasteiger charge is 2.43. The van der Waals surface area contributed by atoms with Crippen molar-refractivity contribution in [2.75, 3.05) is 26.2 Å². The lowest BCUT2D eigenvalue weighted by Gasteiger charge is -2.47. The van der Waals surface area contributed by atoms with Gasteiger partial charge in [-0.3, -0.25) is 9.59 Å². The van der Waals surface area contributed by atoms with Crippen LogP contribution in [-0.2, 0) is 16.0 Å². The minimum absolute atomic E-state index is 0.00119. The number of benzene rings is 1. The lowest BCUT2D eigenvalue weighted by atomic mass is 9.71. The van der Waals surface area contributed by atoms with E-state index in [1.807, 2.05) is 17.9 Å². The first-order valence-corrected chi connectivity index (χ1v) is 12.3. The molecule has 8 nitrogen and oxygen atoms in total. The molecule has 1 saturated carbocycles. The molecule has 2 atom stereocenters. The van der Waals surface area contributed by atoms with Crippen LogP contribution in [0.5, 0.6) is 5.75 Å². The third-order valence-electron chi connectivity index (χ3n) is 7.13. The van der Waals surface area contributed by atoms with Crippen molar-refractivity contribution >= 4 is 22.8 Å². The van der Waals surface area contributed by atoms with Crippen molar-refractivity contribution in [1.82, 2.24) is 10.2 Å². The second-order valence-electron chi connectivity index (χ2n) is 9.52. The van der Waals surface area contributed by atoms with Crippen LogP contribution in [-0.4, -0.2) is 53.7 Å². The SMILES string of the molecule is CCCc1cc(=O)oc2cc(OCC(=O)NCCC(=O)N3CC[C@@]4(O)CCCC[C@@H]4C3)ccc12. The molecule has 2 amide bonds. The van der Waals surface area contributed by atoms with Gasteiger partial charge in [0.05, 0.1) is 5.60 Å². The van der Waals surface area contributed by atoms with Gasteiger partial charge in [-0.25, -0.2) is 4.79 Å². The highest BCUT2D eigenvalue weighted by Crippen LogP contribution is 2.39. The van der Waals surface area contributed by atoms with E-state index in [9.17, 15) is 19.5 Å². The van der Waals surface area contributed by atoms with Gasteiger partial charge in [0, 0.05) is 49.5 Å². The fourth-order valence-electron chi connectivity index (χ4n) is 5.24. The standard InChI is InChI=1S/C26H34N2O6/c1-2-5-18-14-25(31)34-22-15-20(7-8-21(18)22)33-17-23(29)27-12-9-24(30)28-13-11-26(32)10-4-3-6-19(26)16-28/h7-8,14-15,19,32H,2-6,9-13,16-17H2,1H3,(H,27,29)/t19-,26+/m1/s1. The number of nitrogens with zero attached hydrogens (tertiary/aromatic N) is 1. The molecule has 1 aliphatic heterocycles. The number of carbonyl (C=O) groups is 2. The molecule has 184 valence electrons. The van der Waals surface area contributed by atoms with E-state index in [0.717, 1.165) is 49.5 Å². The maximum atomic E-state index is 12.6. The van der Waals surface area contributed by atoms with Crippen molar-refractivity contribution in [3.63, 3.8) is 0 Å². The Balaban J connectivity index is 1.23. The largest absolute Gasteiger partial charge is 0.484 e. The zero-order chi connectivity index (χ0) is 24.1. The molecule has 1 saturated heterocycles.